The number of ether oxygens (including phenoxy) is 1. The number of methoxy groups -OCH3 is 1. The number of anilines is 1. The van der Waals surface area contributed by atoms with Gasteiger partial charge >= 0.3 is 6.09 Å². The summed E-state index contributed by atoms with van der Waals surface area (Å²) < 4.78 is 19.4. The molecule has 0 aromatic heterocycles. The van der Waals surface area contributed by atoms with Gasteiger partial charge in [0.1, 0.15) is 5.82 Å². The number of hydrogen-bond donors (Lipinski definition) is 2. The van der Waals surface area contributed by atoms with Crippen LogP contribution in [-0.2, 0) is 6.54 Å². The molecule has 5 rings (SSSR count). The van der Waals surface area contributed by atoms with Crippen molar-refractivity contribution in [2.45, 2.75) is 31.8 Å². The summed E-state index contributed by atoms with van der Waals surface area (Å²) in [4.78, 5) is 16.4. The molecule has 0 radical (unpaired) electrons. The van der Waals surface area contributed by atoms with Crippen molar-refractivity contribution in [3.8, 4) is 11.5 Å². The molecule has 3 atom stereocenters. The first kappa shape index (κ1) is 25.1. The lowest BCUT2D eigenvalue weighted by molar-refractivity contribution is 0.0927. The van der Waals surface area contributed by atoms with Crippen LogP contribution in [0.1, 0.15) is 36.4 Å². The van der Waals surface area contributed by atoms with Gasteiger partial charge in [0, 0.05) is 19.6 Å². The second kappa shape index (κ2) is 10.8. The molecule has 1 aliphatic carbocycles. The molecule has 3 unspecified atom stereocenters. The van der Waals surface area contributed by atoms with Crippen LogP contribution in [0.15, 0.2) is 72.8 Å². The number of phenols is 1. The number of aromatic hydroxyl groups is 1. The molecular formula is C30H33FN2O4. The van der Waals surface area contributed by atoms with Gasteiger partial charge in [-0.3, -0.25) is 9.80 Å². The van der Waals surface area contributed by atoms with Crippen molar-refractivity contribution in [1.82, 2.24) is 4.90 Å². The number of hydrogen-bond acceptors (Lipinski definition) is 4. The summed E-state index contributed by atoms with van der Waals surface area (Å²) in [7, 11) is 1.48. The summed E-state index contributed by atoms with van der Waals surface area (Å²) in [6.07, 6.45) is 1.69. The van der Waals surface area contributed by atoms with Crippen LogP contribution in [0.2, 0.25) is 0 Å². The molecule has 2 fully saturated rings. The molecule has 1 saturated heterocycles. The third kappa shape index (κ3) is 5.42. The maximum absolute atomic E-state index is 14.2. The molecule has 3 aromatic rings. The molecule has 194 valence electrons. The average Bonchev–Trinajstić information content (AvgIpc) is 3.11. The molecule has 3 aromatic carbocycles. The van der Waals surface area contributed by atoms with Crippen LogP contribution < -0.4 is 9.64 Å². The molecular weight excluding hydrogens is 471 g/mol. The molecule has 2 N–H and O–H groups in total. The first-order valence-electron chi connectivity index (χ1n) is 12.8. The second-order valence-electron chi connectivity index (χ2n) is 10.3. The van der Waals surface area contributed by atoms with Crippen molar-refractivity contribution in [2.24, 2.45) is 17.8 Å². The van der Waals surface area contributed by atoms with Crippen molar-refractivity contribution in [3.63, 3.8) is 0 Å². The predicted molar refractivity (Wildman–Crippen MR) is 140 cm³/mol. The maximum atomic E-state index is 14.2. The van der Waals surface area contributed by atoms with Gasteiger partial charge in [0.05, 0.1) is 18.8 Å². The lowest BCUT2D eigenvalue weighted by atomic mass is 9.79. The number of benzene rings is 3. The molecule has 1 aliphatic heterocycles. The van der Waals surface area contributed by atoms with E-state index >= 15 is 0 Å². The van der Waals surface area contributed by atoms with Crippen molar-refractivity contribution in [2.75, 3.05) is 25.1 Å². The number of carbonyl (C=O) groups is 1. The third-order valence-corrected chi connectivity index (χ3v) is 8.04. The minimum atomic E-state index is -1.15. The zero-order valence-electron chi connectivity index (χ0n) is 21.0. The maximum Gasteiger partial charge on any atom is 0.412 e. The lowest BCUT2D eigenvalue weighted by Crippen LogP contribution is -2.43. The van der Waals surface area contributed by atoms with E-state index in [9.17, 15) is 19.4 Å². The second-order valence-corrected chi connectivity index (χ2v) is 10.3. The summed E-state index contributed by atoms with van der Waals surface area (Å²) in [6.45, 7) is 2.87. The highest BCUT2D eigenvalue weighted by molar-refractivity contribution is 5.87. The SMILES string of the molecule is COc1ccc(C(CC2C3CCC2CN(Cc2ccccc2)C3)N(C(=O)O)c2cccc(F)c2)cc1O. The van der Waals surface area contributed by atoms with Crippen molar-refractivity contribution in [3.05, 3.63) is 89.7 Å². The number of rotatable bonds is 8. The van der Waals surface area contributed by atoms with Gasteiger partial charge in [0.2, 0.25) is 0 Å². The van der Waals surface area contributed by atoms with Gasteiger partial charge in [0.15, 0.2) is 11.5 Å². The molecule has 0 spiro atoms. The third-order valence-electron chi connectivity index (χ3n) is 8.04. The Morgan fingerprint density at radius 2 is 1.78 bits per heavy atom. The fraction of sp³-hybridized carbons (Fsp3) is 0.367. The van der Waals surface area contributed by atoms with Crippen molar-refractivity contribution < 1.29 is 24.1 Å². The molecule has 6 nitrogen and oxygen atoms in total. The summed E-state index contributed by atoms with van der Waals surface area (Å²) >= 11 is 0. The summed E-state index contributed by atoms with van der Waals surface area (Å²) in [6, 6.07) is 20.6. The van der Waals surface area contributed by atoms with E-state index in [1.807, 2.05) is 6.07 Å². The van der Waals surface area contributed by atoms with E-state index < -0.39 is 18.0 Å². The van der Waals surface area contributed by atoms with Gasteiger partial charge in [-0.15, -0.1) is 0 Å². The van der Waals surface area contributed by atoms with Crippen LogP contribution in [0.4, 0.5) is 14.9 Å². The molecule has 7 heteroatoms. The highest BCUT2D eigenvalue weighted by Crippen LogP contribution is 2.48. The van der Waals surface area contributed by atoms with Gasteiger partial charge in [-0.25, -0.2) is 9.18 Å². The van der Waals surface area contributed by atoms with Crippen LogP contribution in [0.25, 0.3) is 0 Å². The minimum Gasteiger partial charge on any atom is -0.504 e. The van der Waals surface area contributed by atoms with E-state index in [1.54, 1.807) is 24.3 Å². The number of likely N-dealkylation sites (tertiary alicyclic amines) is 1. The van der Waals surface area contributed by atoms with Crippen LogP contribution in [0.5, 0.6) is 11.5 Å². The van der Waals surface area contributed by atoms with E-state index in [0.717, 1.165) is 32.5 Å². The molecule has 1 heterocycles. The van der Waals surface area contributed by atoms with Gasteiger partial charge in [-0.1, -0.05) is 42.5 Å². The first-order valence-corrected chi connectivity index (χ1v) is 12.8. The largest absolute Gasteiger partial charge is 0.504 e. The Bertz CT molecular complexity index is 1220. The van der Waals surface area contributed by atoms with Gasteiger partial charge in [0.25, 0.3) is 0 Å². The average molecular weight is 505 g/mol. The van der Waals surface area contributed by atoms with E-state index in [-0.39, 0.29) is 11.4 Å². The number of amides is 1. The van der Waals surface area contributed by atoms with Crippen LogP contribution in [0, 0.1) is 23.6 Å². The number of fused-ring (bicyclic) bond motifs is 2. The number of piperidine rings is 1. The van der Waals surface area contributed by atoms with Gasteiger partial charge in [-0.2, -0.15) is 0 Å². The Labute approximate surface area is 216 Å². The Hall–Kier alpha value is -3.58. The van der Waals surface area contributed by atoms with Crippen LogP contribution >= 0.6 is 0 Å². The van der Waals surface area contributed by atoms with Gasteiger partial charge in [-0.05, 0) is 78.5 Å². The van der Waals surface area contributed by atoms with Crippen LogP contribution in [0.3, 0.4) is 0 Å². The quantitative estimate of drug-likeness (QED) is 0.376. The topological polar surface area (TPSA) is 73.2 Å². The summed E-state index contributed by atoms with van der Waals surface area (Å²) in [5.41, 5.74) is 2.24. The fourth-order valence-corrected chi connectivity index (χ4v) is 6.40. The zero-order chi connectivity index (χ0) is 25.9. The van der Waals surface area contributed by atoms with E-state index in [1.165, 1.54) is 35.8 Å². The summed E-state index contributed by atoms with van der Waals surface area (Å²) in [5, 5.41) is 20.8. The molecule has 1 saturated carbocycles. The van der Waals surface area contributed by atoms with E-state index in [0.29, 0.717) is 35.5 Å². The standard InChI is InChI=1S/C30H33FN2O4/c1-37-29-13-12-21(14-28(29)34)27(33(30(35)36)25-9-5-8-24(31)15-25)16-26-22-10-11-23(26)19-32(18-22)17-20-6-3-2-4-7-20/h2-9,12-15,22-23,26-27,34H,10-11,16-19H2,1H3,(H,35,36). The first-order chi connectivity index (χ1) is 17.9. The smallest absolute Gasteiger partial charge is 0.412 e. The summed E-state index contributed by atoms with van der Waals surface area (Å²) in [5.74, 6) is 1.03. The Morgan fingerprint density at radius 1 is 1.05 bits per heavy atom. The van der Waals surface area contributed by atoms with E-state index in [4.69, 9.17) is 4.74 Å². The van der Waals surface area contributed by atoms with Crippen molar-refractivity contribution >= 4 is 11.8 Å². The van der Waals surface area contributed by atoms with Gasteiger partial charge < -0.3 is 14.9 Å². The lowest BCUT2D eigenvalue weighted by Gasteiger charge is -2.41. The molecule has 2 aliphatic rings. The number of phenolic OH excluding ortho intramolecular Hbond substituents is 1. The highest BCUT2D eigenvalue weighted by Gasteiger charge is 2.44. The Balaban J connectivity index is 1.44. The van der Waals surface area contributed by atoms with Crippen LogP contribution in [-0.4, -0.2) is 41.4 Å². The molecule has 37 heavy (non-hydrogen) atoms. The minimum absolute atomic E-state index is 0.0461. The monoisotopic (exact) mass is 504 g/mol. The Kier molecular flexibility index (Phi) is 7.33. The van der Waals surface area contributed by atoms with E-state index in [2.05, 4.69) is 29.2 Å². The Morgan fingerprint density at radius 3 is 2.41 bits per heavy atom. The highest BCUT2D eigenvalue weighted by atomic mass is 19.1. The number of nitrogens with zero attached hydrogens (tertiary/aromatic N) is 2. The molecule has 2 bridgehead atoms. The van der Waals surface area contributed by atoms with Crippen molar-refractivity contribution in [1.29, 1.82) is 0 Å². The molecule has 1 amide bonds. The fourth-order valence-electron chi connectivity index (χ4n) is 6.40. The predicted octanol–water partition coefficient (Wildman–Crippen LogP) is 6.31. The normalized spacial score (nSPS) is 21.9. The number of carboxylic acid groups (broad SMARTS) is 1. The number of halogens is 1. The zero-order valence-corrected chi connectivity index (χ0v) is 21.0.